The lowest BCUT2D eigenvalue weighted by atomic mass is 10.3. The highest BCUT2D eigenvalue weighted by Gasteiger charge is 2.01. The summed E-state index contributed by atoms with van der Waals surface area (Å²) in [5.74, 6) is 1.15. The maximum Gasteiger partial charge on any atom is 0.124 e. The quantitative estimate of drug-likeness (QED) is 0.769. The van der Waals surface area contributed by atoms with E-state index in [1.807, 2.05) is 11.6 Å². The Hall–Kier alpha value is -0.700. The van der Waals surface area contributed by atoms with Crippen molar-refractivity contribution in [2.75, 3.05) is 11.9 Å². The molecule has 1 aromatic heterocycles. The van der Waals surface area contributed by atoms with Crippen molar-refractivity contribution in [2.45, 2.75) is 40.2 Å². The summed E-state index contributed by atoms with van der Waals surface area (Å²) >= 11 is 0. The summed E-state index contributed by atoms with van der Waals surface area (Å²) in [6, 6.07) is 2.10. The average Bonchev–Trinajstić information content (AvgIpc) is 2.47. The molecule has 1 heterocycles. The molecule has 82 valence electrons. The van der Waals surface area contributed by atoms with Crippen LogP contribution >= 0.6 is 12.4 Å². The van der Waals surface area contributed by atoms with E-state index in [-0.39, 0.29) is 12.4 Å². The summed E-state index contributed by atoms with van der Waals surface area (Å²) in [7, 11) is 0. The molecule has 0 amide bonds. The fraction of sp³-hybridized carbons (Fsp3) is 0.700. The third kappa shape index (κ3) is 3.58. The predicted molar refractivity (Wildman–Crippen MR) is 63.3 cm³/mol. The first-order valence-corrected chi connectivity index (χ1v) is 5.06. The van der Waals surface area contributed by atoms with Crippen molar-refractivity contribution >= 4 is 18.2 Å². The van der Waals surface area contributed by atoms with Gasteiger partial charge in [-0.05, 0) is 20.3 Å². The van der Waals surface area contributed by atoms with E-state index in [0.29, 0.717) is 0 Å². The molecule has 0 aliphatic carbocycles. The molecule has 1 N–H and O–H groups in total. The molecule has 0 spiro atoms. The Bertz CT molecular complexity index is 258. The highest BCUT2D eigenvalue weighted by Crippen LogP contribution is 2.09. The zero-order valence-corrected chi connectivity index (χ0v) is 10.0. The smallest absolute Gasteiger partial charge is 0.124 e. The van der Waals surface area contributed by atoms with E-state index < -0.39 is 0 Å². The molecular weight excluding hydrogens is 198 g/mol. The van der Waals surface area contributed by atoms with Gasteiger partial charge in [-0.1, -0.05) is 13.3 Å². The molecule has 1 rings (SSSR count). The van der Waals surface area contributed by atoms with Crippen LogP contribution in [0.15, 0.2) is 6.07 Å². The van der Waals surface area contributed by atoms with Gasteiger partial charge in [0, 0.05) is 19.2 Å². The van der Waals surface area contributed by atoms with E-state index in [1.165, 1.54) is 12.8 Å². The minimum atomic E-state index is 0. The van der Waals surface area contributed by atoms with Crippen molar-refractivity contribution in [3.8, 4) is 0 Å². The number of unbranched alkanes of at least 4 members (excludes halogenated alkanes) is 1. The van der Waals surface area contributed by atoms with Crippen LogP contribution in [0.2, 0.25) is 0 Å². The largest absolute Gasteiger partial charge is 0.370 e. The van der Waals surface area contributed by atoms with Crippen molar-refractivity contribution in [1.82, 2.24) is 9.78 Å². The molecule has 1 aromatic rings. The number of hydrogen-bond acceptors (Lipinski definition) is 2. The fourth-order valence-electron chi connectivity index (χ4n) is 1.32. The number of hydrogen-bond donors (Lipinski definition) is 1. The molecular formula is C10H20ClN3. The third-order valence-electron chi connectivity index (χ3n) is 2.04. The highest BCUT2D eigenvalue weighted by atomic mass is 35.5. The van der Waals surface area contributed by atoms with Crippen molar-refractivity contribution in [1.29, 1.82) is 0 Å². The maximum absolute atomic E-state index is 4.36. The Labute approximate surface area is 92.3 Å². The van der Waals surface area contributed by atoms with Gasteiger partial charge in [-0.3, -0.25) is 0 Å². The Kier molecular flexibility index (Phi) is 6.37. The van der Waals surface area contributed by atoms with E-state index in [1.54, 1.807) is 0 Å². The second-order valence-electron chi connectivity index (χ2n) is 3.27. The van der Waals surface area contributed by atoms with Crippen LogP contribution in [0.3, 0.4) is 0 Å². The molecule has 4 heteroatoms. The number of rotatable bonds is 5. The van der Waals surface area contributed by atoms with Gasteiger partial charge in [0.2, 0.25) is 0 Å². The average molecular weight is 218 g/mol. The summed E-state index contributed by atoms with van der Waals surface area (Å²) < 4.78 is 2.00. The zero-order chi connectivity index (χ0) is 9.68. The lowest BCUT2D eigenvalue weighted by Gasteiger charge is -2.06. The number of aryl methyl sites for hydroxylation is 2. The van der Waals surface area contributed by atoms with Gasteiger partial charge in [-0.15, -0.1) is 12.4 Å². The summed E-state index contributed by atoms with van der Waals surface area (Å²) in [6.07, 6.45) is 2.44. The Morgan fingerprint density at radius 1 is 1.43 bits per heavy atom. The lowest BCUT2D eigenvalue weighted by Crippen LogP contribution is -2.07. The van der Waals surface area contributed by atoms with Crippen LogP contribution in [0.5, 0.6) is 0 Å². The Balaban J connectivity index is 0.00000169. The van der Waals surface area contributed by atoms with E-state index in [4.69, 9.17) is 0 Å². The van der Waals surface area contributed by atoms with Gasteiger partial charge in [0.05, 0.1) is 5.69 Å². The highest BCUT2D eigenvalue weighted by molar-refractivity contribution is 5.85. The van der Waals surface area contributed by atoms with Gasteiger partial charge in [0.25, 0.3) is 0 Å². The van der Waals surface area contributed by atoms with Crippen LogP contribution in [0, 0.1) is 6.92 Å². The minimum Gasteiger partial charge on any atom is -0.370 e. The first kappa shape index (κ1) is 13.3. The number of halogens is 1. The van der Waals surface area contributed by atoms with Crippen LogP contribution in [-0.4, -0.2) is 16.3 Å². The van der Waals surface area contributed by atoms with Crippen LogP contribution in [0.1, 0.15) is 32.4 Å². The SMILES string of the molecule is CCCCNc1cc(C)nn1CC.Cl. The number of anilines is 1. The maximum atomic E-state index is 4.36. The van der Waals surface area contributed by atoms with Crippen molar-refractivity contribution < 1.29 is 0 Å². The van der Waals surface area contributed by atoms with Gasteiger partial charge < -0.3 is 5.32 Å². The minimum absolute atomic E-state index is 0. The zero-order valence-electron chi connectivity index (χ0n) is 9.21. The van der Waals surface area contributed by atoms with Crippen LogP contribution in [0.25, 0.3) is 0 Å². The Morgan fingerprint density at radius 3 is 2.71 bits per heavy atom. The molecule has 0 aliphatic rings. The first-order valence-electron chi connectivity index (χ1n) is 5.06. The van der Waals surface area contributed by atoms with Crippen molar-refractivity contribution in [3.05, 3.63) is 11.8 Å². The summed E-state index contributed by atoms with van der Waals surface area (Å²) in [5, 5.41) is 7.75. The fourth-order valence-corrected chi connectivity index (χ4v) is 1.32. The molecule has 0 unspecified atom stereocenters. The third-order valence-corrected chi connectivity index (χ3v) is 2.04. The van der Waals surface area contributed by atoms with Gasteiger partial charge in [-0.2, -0.15) is 5.10 Å². The van der Waals surface area contributed by atoms with E-state index >= 15 is 0 Å². The number of nitrogens with one attached hydrogen (secondary N) is 1. The van der Waals surface area contributed by atoms with E-state index in [2.05, 4.69) is 30.3 Å². The lowest BCUT2D eigenvalue weighted by molar-refractivity contribution is 0.655. The normalized spacial score (nSPS) is 9.64. The second-order valence-corrected chi connectivity index (χ2v) is 3.27. The predicted octanol–water partition coefficient (Wildman–Crippen LogP) is 2.85. The summed E-state index contributed by atoms with van der Waals surface area (Å²) in [6.45, 7) is 8.31. The van der Waals surface area contributed by atoms with Crippen LogP contribution in [0.4, 0.5) is 5.82 Å². The number of aromatic nitrogens is 2. The standard InChI is InChI=1S/C10H19N3.ClH/c1-4-6-7-11-10-8-9(3)12-13(10)5-2;/h8,11H,4-7H2,1-3H3;1H. The van der Waals surface area contributed by atoms with Gasteiger partial charge >= 0.3 is 0 Å². The molecule has 0 aromatic carbocycles. The summed E-state index contributed by atoms with van der Waals surface area (Å²) in [4.78, 5) is 0. The van der Waals surface area contributed by atoms with E-state index in [9.17, 15) is 0 Å². The molecule has 3 nitrogen and oxygen atoms in total. The first-order chi connectivity index (χ1) is 6.27. The summed E-state index contributed by atoms with van der Waals surface area (Å²) in [5.41, 5.74) is 1.08. The van der Waals surface area contributed by atoms with Crippen LogP contribution in [-0.2, 0) is 6.54 Å². The van der Waals surface area contributed by atoms with Gasteiger partial charge in [-0.25, -0.2) is 4.68 Å². The van der Waals surface area contributed by atoms with Gasteiger partial charge in [0.1, 0.15) is 5.82 Å². The monoisotopic (exact) mass is 217 g/mol. The van der Waals surface area contributed by atoms with Crippen LogP contribution < -0.4 is 5.32 Å². The molecule has 0 radical (unpaired) electrons. The van der Waals surface area contributed by atoms with Gasteiger partial charge in [0.15, 0.2) is 0 Å². The van der Waals surface area contributed by atoms with Crippen molar-refractivity contribution in [2.24, 2.45) is 0 Å². The molecule has 0 fully saturated rings. The number of nitrogens with zero attached hydrogens (tertiary/aromatic N) is 2. The molecule has 0 saturated carbocycles. The molecule has 0 saturated heterocycles. The van der Waals surface area contributed by atoms with Crippen molar-refractivity contribution in [3.63, 3.8) is 0 Å². The second kappa shape index (κ2) is 6.71. The molecule has 0 atom stereocenters. The molecule has 14 heavy (non-hydrogen) atoms. The molecule has 0 aliphatic heterocycles. The van der Waals surface area contributed by atoms with E-state index in [0.717, 1.165) is 24.6 Å². The Morgan fingerprint density at radius 2 is 2.14 bits per heavy atom. The molecule has 0 bridgehead atoms. The topological polar surface area (TPSA) is 29.9 Å².